The van der Waals surface area contributed by atoms with E-state index in [9.17, 15) is 0 Å². The summed E-state index contributed by atoms with van der Waals surface area (Å²) in [5.74, 6) is 1.21. The van der Waals surface area contributed by atoms with Gasteiger partial charge in [0, 0.05) is 19.3 Å². The molecule has 2 aromatic heterocycles. The van der Waals surface area contributed by atoms with E-state index in [-0.39, 0.29) is 0 Å². The van der Waals surface area contributed by atoms with E-state index >= 15 is 0 Å². The smallest absolute Gasteiger partial charge is 0.223 e. The quantitative estimate of drug-likeness (QED) is 0.924. The maximum Gasteiger partial charge on any atom is 0.223 e. The lowest BCUT2D eigenvalue weighted by atomic mass is 10.4. The van der Waals surface area contributed by atoms with Crippen molar-refractivity contribution in [2.75, 3.05) is 5.32 Å². The number of rotatable bonds is 3. The van der Waals surface area contributed by atoms with Crippen LogP contribution in [0.5, 0.6) is 0 Å². The van der Waals surface area contributed by atoms with Crippen molar-refractivity contribution in [3.05, 3.63) is 34.6 Å². The lowest BCUT2D eigenvalue weighted by molar-refractivity contribution is 0.388. The number of nitrogens with one attached hydrogen (secondary N) is 1. The fraction of sp³-hybridized carbons (Fsp3) is 0.222. The predicted octanol–water partition coefficient (Wildman–Crippen LogP) is 2.15. The molecule has 2 aromatic rings. The molecule has 0 unspecified atom stereocenters. The maximum atomic E-state index is 4.86. The van der Waals surface area contributed by atoms with Crippen LogP contribution in [0.4, 0.5) is 5.69 Å². The Kier molecular flexibility index (Phi) is 2.96. The first-order valence-corrected chi connectivity index (χ1v) is 5.17. The Morgan fingerprint density at radius 1 is 1.53 bits per heavy atom. The van der Waals surface area contributed by atoms with Gasteiger partial charge in [-0.05, 0) is 22.0 Å². The third-order valence-corrected chi connectivity index (χ3v) is 2.41. The average molecular weight is 269 g/mol. The first-order valence-electron chi connectivity index (χ1n) is 4.38. The molecule has 0 saturated carbocycles. The first kappa shape index (κ1) is 10.1. The van der Waals surface area contributed by atoms with Crippen molar-refractivity contribution >= 4 is 21.6 Å². The van der Waals surface area contributed by atoms with Crippen molar-refractivity contribution in [2.45, 2.75) is 13.5 Å². The standard InChI is InChI=1S/C9H9BrN4O/c1-6-13-9(14-15-6)5-12-8-2-3-11-4-7(8)10/h2-4H,5H2,1H3,(H,11,12). The SMILES string of the molecule is Cc1nc(CNc2ccncc2Br)no1. The van der Waals surface area contributed by atoms with Crippen molar-refractivity contribution in [3.8, 4) is 0 Å². The number of hydrogen-bond acceptors (Lipinski definition) is 5. The summed E-state index contributed by atoms with van der Waals surface area (Å²) < 4.78 is 5.77. The minimum atomic E-state index is 0.528. The summed E-state index contributed by atoms with van der Waals surface area (Å²) in [4.78, 5) is 8.05. The third kappa shape index (κ3) is 2.53. The van der Waals surface area contributed by atoms with E-state index in [0.29, 0.717) is 18.3 Å². The average Bonchev–Trinajstić information content (AvgIpc) is 2.63. The molecule has 5 nitrogen and oxygen atoms in total. The van der Waals surface area contributed by atoms with Crippen LogP contribution >= 0.6 is 15.9 Å². The number of halogens is 1. The van der Waals surface area contributed by atoms with Crippen molar-refractivity contribution < 1.29 is 4.52 Å². The maximum absolute atomic E-state index is 4.86. The van der Waals surface area contributed by atoms with Crippen LogP contribution in [0, 0.1) is 6.92 Å². The molecule has 1 N–H and O–H groups in total. The van der Waals surface area contributed by atoms with Gasteiger partial charge in [-0.3, -0.25) is 4.98 Å². The fourth-order valence-electron chi connectivity index (χ4n) is 1.11. The molecule has 0 bridgehead atoms. The minimum absolute atomic E-state index is 0.528. The van der Waals surface area contributed by atoms with Crippen LogP contribution in [-0.2, 0) is 6.54 Å². The van der Waals surface area contributed by atoms with E-state index in [4.69, 9.17) is 4.52 Å². The van der Waals surface area contributed by atoms with Crippen LogP contribution in [0.2, 0.25) is 0 Å². The van der Waals surface area contributed by atoms with E-state index in [1.54, 1.807) is 19.3 Å². The van der Waals surface area contributed by atoms with Crippen LogP contribution in [0.15, 0.2) is 27.5 Å². The van der Waals surface area contributed by atoms with Crippen LogP contribution in [-0.4, -0.2) is 15.1 Å². The summed E-state index contributed by atoms with van der Waals surface area (Å²) in [5.41, 5.74) is 0.951. The van der Waals surface area contributed by atoms with E-state index in [2.05, 4.69) is 36.4 Å². The molecule has 0 aliphatic heterocycles. The molecule has 0 aliphatic carbocycles. The van der Waals surface area contributed by atoms with Gasteiger partial charge < -0.3 is 9.84 Å². The van der Waals surface area contributed by atoms with Crippen molar-refractivity contribution in [2.24, 2.45) is 0 Å². The van der Waals surface area contributed by atoms with E-state index in [1.165, 1.54) is 0 Å². The molecule has 0 atom stereocenters. The molecule has 15 heavy (non-hydrogen) atoms. The second kappa shape index (κ2) is 4.39. The Morgan fingerprint density at radius 3 is 3.07 bits per heavy atom. The van der Waals surface area contributed by atoms with Gasteiger partial charge in [0.15, 0.2) is 5.82 Å². The second-order valence-corrected chi connectivity index (χ2v) is 3.79. The van der Waals surface area contributed by atoms with Gasteiger partial charge in [-0.25, -0.2) is 0 Å². The zero-order valence-corrected chi connectivity index (χ0v) is 9.65. The monoisotopic (exact) mass is 268 g/mol. The van der Waals surface area contributed by atoms with E-state index in [0.717, 1.165) is 10.2 Å². The molecule has 0 saturated heterocycles. The summed E-state index contributed by atoms with van der Waals surface area (Å²) in [7, 11) is 0. The normalized spacial score (nSPS) is 10.3. The molecular formula is C9H9BrN4O. The lowest BCUT2D eigenvalue weighted by Crippen LogP contribution is -2.01. The molecule has 2 rings (SSSR count). The zero-order chi connectivity index (χ0) is 10.7. The Morgan fingerprint density at radius 2 is 2.40 bits per heavy atom. The number of aryl methyl sites for hydroxylation is 1. The molecule has 0 radical (unpaired) electrons. The molecule has 0 amide bonds. The predicted molar refractivity (Wildman–Crippen MR) is 58.3 cm³/mol. The Hall–Kier alpha value is -1.43. The highest BCUT2D eigenvalue weighted by molar-refractivity contribution is 9.10. The topological polar surface area (TPSA) is 63.8 Å². The van der Waals surface area contributed by atoms with E-state index < -0.39 is 0 Å². The molecule has 0 aliphatic rings. The van der Waals surface area contributed by atoms with Gasteiger partial charge in [0.1, 0.15) is 0 Å². The van der Waals surface area contributed by atoms with Crippen molar-refractivity contribution in [1.29, 1.82) is 0 Å². The summed E-state index contributed by atoms with van der Waals surface area (Å²) in [5, 5.41) is 6.95. The van der Waals surface area contributed by atoms with Crippen LogP contribution in [0.25, 0.3) is 0 Å². The number of anilines is 1. The third-order valence-electron chi connectivity index (χ3n) is 1.78. The number of aromatic nitrogens is 3. The highest BCUT2D eigenvalue weighted by atomic mass is 79.9. The van der Waals surface area contributed by atoms with Crippen molar-refractivity contribution in [1.82, 2.24) is 15.1 Å². The molecule has 0 fully saturated rings. The summed E-state index contributed by atoms with van der Waals surface area (Å²) >= 11 is 3.39. The molecule has 0 aromatic carbocycles. The van der Waals surface area contributed by atoms with Gasteiger partial charge in [-0.1, -0.05) is 5.16 Å². The van der Waals surface area contributed by atoms with Gasteiger partial charge in [-0.2, -0.15) is 4.98 Å². The van der Waals surface area contributed by atoms with Crippen LogP contribution in [0.1, 0.15) is 11.7 Å². The highest BCUT2D eigenvalue weighted by Crippen LogP contribution is 2.20. The number of hydrogen-bond donors (Lipinski definition) is 1. The van der Waals surface area contributed by atoms with Gasteiger partial charge in [0.05, 0.1) is 16.7 Å². The second-order valence-electron chi connectivity index (χ2n) is 2.94. The van der Waals surface area contributed by atoms with Crippen LogP contribution < -0.4 is 5.32 Å². The summed E-state index contributed by atoms with van der Waals surface area (Å²) in [6.07, 6.45) is 3.44. The number of pyridine rings is 1. The van der Waals surface area contributed by atoms with E-state index in [1.807, 2.05) is 6.07 Å². The lowest BCUT2D eigenvalue weighted by Gasteiger charge is -2.04. The molecule has 6 heteroatoms. The van der Waals surface area contributed by atoms with Crippen molar-refractivity contribution in [3.63, 3.8) is 0 Å². The first-order chi connectivity index (χ1) is 7.25. The number of nitrogens with zero attached hydrogens (tertiary/aromatic N) is 3. The Bertz CT molecular complexity index is 457. The Labute approximate surface area is 95.0 Å². The minimum Gasteiger partial charge on any atom is -0.377 e. The highest BCUT2D eigenvalue weighted by Gasteiger charge is 2.03. The van der Waals surface area contributed by atoms with Gasteiger partial charge in [0.25, 0.3) is 0 Å². The summed E-state index contributed by atoms with van der Waals surface area (Å²) in [6.45, 7) is 2.29. The molecular weight excluding hydrogens is 260 g/mol. The molecule has 0 spiro atoms. The fourth-order valence-corrected chi connectivity index (χ4v) is 1.50. The Balaban J connectivity index is 2.02. The van der Waals surface area contributed by atoms with Gasteiger partial charge in [-0.15, -0.1) is 0 Å². The van der Waals surface area contributed by atoms with Gasteiger partial charge in [0.2, 0.25) is 5.89 Å². The van der Waals surface area contributed by atoms with Crippen LogP contribution in [0.3, 0.4) is 0 Å². The zero-order valence-electron chi connectivity index (χ0n) is 8.07. The van der Waals surface area contributed by atoms with Gasteiger partial charge >= 0.3 is 0 Å². The molecule has 78 valence electrons. The molecule has 2 heterocycles. The largest absolute Gasteiger partial charge is 0.377 e. The summed E-state index contributed by atoms with van der Waals surface area (Å²) in [6, 6.07) is 1.87.